The normalized spacial score (nSPS) is 15.4. The third-order valence-electron chi connectivity index (χ3n) is 5.52. The minimum absolute atomic E-state index is 0.101. The second-order valence-electron chi connectivity index (χ2n) is 7.99. The van der Waals surface area contributed by atoms with E-state index in [1.807, 2.05) is 68.4 Å². The molecule has 1 atom stereocenters. The summed E-state index contributed by atoms with van der Waals surface area (Å²) >= 11 is 7.71. The highest BCUT2D eigenvalue weighted by Gasteiger charge is 2.33. The zero-order valence-electron chi connectivity index (χ0n) is 18.9. The fraction of sp³-hybridized carbons (Fsp3) is 0.200. The number of benzene rings is 2. The molecule has 1 aliphatic heterocycles. The number of hydrogen-bond donors (Lipinski definition) is 1. The quantitative estimate of drug-likeness (QED) is 0.412. The summed E-state index contributed by atoms with van der Waals surface area (Å²) in [5.74, 6) is 1.96. The van der Waals surface area contributed by atoms with E-state index < -0.39 is 0 Å². The number of aryl methyl sites for hydroxylation is 2. The maximum atomic E-state index is 12.8. The van der Waals surface area contributed by atoms with Crippen LogP contribution < -0.4 is 10.1 Å². The molecule has 0 spiro atoms. The third-order valence-corrected chi connectivity index (χ3v) is 7.04. The number of anilines is 1. The van der Waals surface area contributed by atoms with Crippen molar-refractivity contribution in [1.29, 1.82) is 0 Å². The van der Waals surface area contributed by atoms with E-state index in [2.05, 4.69) is 15.3 Å². The van der Waals surface area contributed by atoms with Gasteiger partial charge in [0, 0.05) is 27.5 Å². The van der Waals surface area contributed by atoms with Crippen molar-refractivity contribution in [2.24, 2.45) is 0 Å². The fourth-order valence-corrected chi connectivity index (χ4v) is 5.27. The van der Waals surface area contributed by atoms with Crippen molar-refractivity contribution >= 4 is 35.1 Å². The molecule has 0 saturated heterocycles. The number of ether oxygens (including phenoxy) is 1. The van der Waals surface area contributed by atoms with Gasteiger partial charge in [0.15, 0.2) is 0 Å². The van der Waals surface area contributed by atoms with Crippen LogP contribution in [0.1, 0.15) is 27.8 Å². The maximum absolute atomic E-state index is 12.8. The second-order valence-corrected chi connectivity index (χ2v) is 9.52. The number of carbonyl (C=O) groups is 1. The van der Waals surface area contributed by atoms with E-state index >= 15 is 0 Å². The molecule has 7 nitrogen and oxygen atoms in total. The van der Waals surface area contributed by atoms with Crippen molar-refractivity contribution in [3.8, 4) is 23.0 Å². The number of aromatic nitrogens is 4. The van der Waals surface area contributed by atoms with E-state index in [-0.39, 0.29) is 11.2 Å². The van der Waals surface area contributed by atoms with Crippen molar-refractivity contribution in [1.82, 2.24) is 19.7 Å². The molecule has 2 aromatic heterocycles. The second kappa shape index (κ2) is 9.12. The summed E-state index contributed by atoms with van der Waals surface area (Å²) in [7, 11) is 1.64. The Morgan fingerprint density at radius 3 is 2.38 bits per heavy atom. The van der Waals surface area contributed by atoms with Gasteiger partial charge in [0.2, 0.25) is 5.91 Å². The number of carbonyl (C=O) groups excluding carboxylic acids is 1. The summed E-state index contributed by atoms with van der Waals surface area (Å²) in [4.78, 5) is 22.0. The van der Waals surface area contributed by atoms with Crippen LogP contribution in [0.15, 0.2) is 54.6 Å². The van der Waals surface area contributed by atoms with Crippen LogP contribution in [0.3, 0.4) is 0 Å². The molecule has 2 aromatic carbocycles. The Morgan fingerprint density at radius 1 is 1.06 bits per heavy atom. The van der Waals surface area contributed by atoms with Crippen molar-refractivity contribution in [3.63, 3.8) is 0 Å². The van der Waals surface area contributed by atoms with Crippen molar-refractivity contribution in [2.75, 3.05) is 18.2 Å². The molecule has 0 saturated carbocycles. The number of amides is 1. The summed E-state index contributed by atoms with van der Waals surface area (Å²) in [5.41, 5.74) is 5.20. The Bertz CT molecular complexity index is 1350. The first kappa shape index (κ1) is 22.4. The van der Waals surface area contributed by atoms with Crippen LogP contribution in [-0.2, 0) is 4.79 Å². The zero-order valence-corrected chi connectivity index (χ0v) is 20.4. The summed E-state index contributed by atoms with van der Waals surface area (Å²) in [6, 6.07) is 17.3. The van der Waals surface area contributed by atoms with Crippen LogP contribution in [0.5, 0.6) is 5.75 Å². The first-order valence-corrected chi connectivity index (χ1v) is 12.1. The Labute approximate surface area is 206 Å². The van der Waals surface area contributed by atoms with E-state index in [9.17, 15) is 4.79 Å². The molecule has 1 aliphatic rings. The van der Waals surface area contributed by atoms with Gasteiger partial charge in [-0.25, -0.2) is 9.97 Å². The van der Waals surface area contributed by atoms with E-state index in [1.54, 1.807) is 23.6 Å². The number of hydrogen-bond acceptors (Lipinski definition) is 6. The van der Waals surface area contributed by atoms with Gasteiger partial charge < -0.3 is 10.1 Å². The van der Waals surface area contributed by atoms with Gasteiger partial charge >= 0.3 is 0 Å². The molecule has 0 bridgehead atoms. The van der Waals surface area contributed by atoms with E-state index in [0.717, 1.165) is 39.5 Å². The summed E-state index contributed by atoms with van der Waals surface area (Å²) < 4.78 is 6.98. The molecule has 5 rings (SSSR count). The van der Waals surface area contributed by atoms with Gasteiger partial charge in [0.1, 0.15) is 11.6 Å². The van der Waals surface area contributed by atoms with Crippen LogP contribution in [0.2, 0.25) is 5.02 Å². The predicted octanol–water partition coefficient (Wildman–Crippen LogP) is 5.38. The molecule has 0 fully saturated rings. The number of nitrogens with zero attached hydrogens (tertiary/aromatic N) is 4. The number of methoxy groups -OCH3 is 1. The number of fused-ring (bicyclic) bond motifs is 1. The zero-order chi connectivity index (χ0) is 23.8. The molecule has 3 heterocycles. The Morgan fingerprint density at radius 2 is 1.74 bits per heavy atom. The minimum atomic E-state index is -0.148. The number of thioether (sulfide) groups is 1. The van der Waals surface area contributed by atoms with Crippen LogP contribution in [0.4, 0.5) is 5.82 Å². The van der Waals surface area contributed by atoms with E-state index in [1.165, 1.54) is 0 Å². The fourth-order valence-electron chi connectivity index (χ4n) is 4.02. The van der Waals surface area contributed by atoms with E-state index in [0.29, 0.717) is 22.5 Å². The van der Waals surface area contributed by atoms with Gasteiger partial charge in [-0.05, 0) is 49.7 Å². The van der Waals surface area contributed by atoms with Crippen LogP contribution in [-0.4, -0.2) is 38.5 Å². The Balaban J connectivity index is 1.77. The molecule has 1 amide bonds. The van der Waals surface area contributed by atoms with E-state index in [4.69, 9.17) is 21.4 Å². The van der Waals surface area contributed by atoms with Crippen molar-refractivity contribution in [3.05, 3.63) is 82.1 Å². The maximum Gasteiger partial charge on any atom is 0.252 e. The van der Waals surface area contributed by atoms with Gasteiger partial charge in [-0.15, -0.1) is 11.8 Å². The number of rotatable bonds is 4. The predicted molar refractivity (Wildman–Crippen MR) is 135 cm³/mol. The summed E-state index contributed by atoms with van der Waals surface area (Å²) in [6.45, 7) is 3.82. The summed E-state index contributed by atoms with van der Waals surface area (Å²) in [6.07, 6.45) is 0. The highest BCUT2D eigenvalue weighted by atomic mass is 35.5. The van der Waals surface area contributed by atoms with Gasteiger partial charge in [0.25, 0.3) is 5.95 Å². The van der Waals surface area contributed by atoms with Gasteiger partial charge in [-0.2, -0.15) is 9.78 Å². The first-order chi connectivity index (χ1) is 16.4. The lowest BCUT2D eigenvalue weighted by molar-refractivity contribution is -0.113. The lowest BCUT2D eigenvalue weighted by Crippen LogP contribution is -2.17. The largest absolute Gasteiger partial charge is 0.497 e. The van der Waals surface area contributed by atoms with Crippen LogP contribution in [0.25, 0.3) is 17.2 Å². The smallest absolute Gasteiger partial charge is 0.252 e. The molecule has 9 heteroatoms. The monoisotopic (exact) mass is 491 g/mol. The molecular formula is C25H22ClN5O2S. The van der Waals surface area contributed by atoms with Crippen LogP contribution in [0, 0.1) is 13.8 Å². The van der Waals surface area contributed by atoms with Gasteiger partial charge in [-0.3, -0.25) is 4.79 Å². The average Bonchev–Trinajstić information content (AvgIpc) is 3.09. The standard InChI is InChI=1S/C25H22ClN5O2S/c1-14-12-15(2)28-25(27-14)31-24-21(22(30-31)16-4-8-18(26)9-5-16)23(34-13-20(32)29-24)17-6-10-19(33-3)11-7-17/h4-12,23H,13H2,1-3H3,(H,29,32)/t23-/m0/s1. The first-order valence-electron chi connectivity index (χ1n) is 10.7. The molecule has 0 radical (unpaired) electrons. The van der Waals surface area contributed by atoms with Gasteiger partial charge in [-0.1, -0.05) is 35.9 Å². The number of nitrogens with one attached hydrogen (secondary N) is 1. The Hall–Kier alpha value is -3.36. The van der Waals surface area contributed by atoms with Crippen molar-refractivity contribution in [2.45, 2.75) is 19.1 Å². The number of halogens is 1. The minimum Gasteiger partial charge on any atom is -0.497 e. The molecule has 34 heavy (non-hydrogen) atoms. The molecular weight excluding hydrogens is 470 g/mol. The lowest BCUT2D eigenvalue weighted by atomic mass is 10.00. The molecule has 4 aromatic rings. The SMILES string of the molecule is COc1ccc([C@@H]2SCC(=O)Nc3c2c(-c2ccc(Cl)cc2)nn3-c2nc(C)cc(C)n2)cc1. The van der Waals surface area contributed by atoms with Crippen LogP contribution >= 0.6 is 23.4 Å². The topological polar surface area (TPSA) is 81.9 Å². The average molecular weight is 492 g/mol. The highest BCUT2D eigenvalue weighted by Crippen LogP contribution is 2.47. The molecule has 0 aliphatic carbocycles. The molecule has 0 unspecified atom stereocenters. The van der Waals surface area contributed by atoms with Gasteiger partial charge in [0.05, 0.1) is 23.8 Å². The molecule has 172 valence electrons. The molecule has 1 N–H and O–H groups in total. The summed E-state index contributed by atoms with van der Waals surface area (Å²) in [5, 5.41) is 8.48. The Kier molecular flexibility index (Phi) is 6.02. The highest BCUT2D eigenvalue weighted by molar-refractivity contribution is 8.00. The lowest BCUT2D eigenvalue weighted by Gasteiger charge is -2.16. The van der Waals surface area contributed by atoms with Crippen molar-refractivity contribution < 1.29 is 9.53 Å². The third kappa shape index (κ3) is 4.26.